The first-order valence-corrected chi connectivity index (χ1v) is 11.5. The molecule has 166 valence electrons. The lowest BCUT2D eigenvalue weighted by Crippen LogP contribution is -2.56. The Morgan fingerprint density at radius 1 is 1.17 bits per heavy atom. The summed E-state index contributed by atoms with van der Waals surface area (Å²) in [6.07, 6.45) is 0. The molecule has 0 amide bonds. The van der Waals surface area contributed by atoms with Crippen LogP contribution in [0.1, 0.15) is 20.8 Å². The third-order valence-corrected chi connectivity index (χ3v) is 6.18. The fourth-order valence-electron chi connectivity index (χ4n) is 3.97. The number of hydrogen-bond acceptors (Lipinski definition) is 5. The van der Waals surface area contributed by atoms with E-state index in [9.17, 15) is 0 Å². The minimum Gasteiger partial charge on any atom is -0.354 e. The molecule has 30 heavy (non-hydrogen) atoms. The summed E-state index contributed by atoms with van der Waals surface area (Å²) in [6.45, 7) is 13.9. The van der Waals surface area contributed by atoms with Crippen LogP contribution in [0.15, 0.2) is 24.3 Å². The lowest BCUT2D eigenvalue weighted by atomic mass is 10.1. The van der Waals surface area contributed by atoms with Crippen LogP contribution in [-0.2, 0) is 0 Å². The van der Waals surface area contributed by atoms with Crippen LogP contribution < -0.4 is 10.2 Å². The molecule has 2 heterocycles. The molecule has 1 unspecified atom stereocenters. The topological polar surface area (TPSA) is 50.4 Å². The van der Waals surface area contributed by atoms with Gasteiger partial charge < -0.3 is 15.1 Å². The van der Waals surface area contributed by atoms with Gasteiger partial charge >= 0.3 is 0 Å². The quantitative estimate of drug-likeness (QED) is 0.605. The molecule has 1 saturated heterocycles. The van der Waals surface area contributed by atoms with E-state index in [1.807, 2.05) is 12.1 Å². The fraction of sp³-hybridized carbons (Fsp3) is 0.591. The van der Waals surface area contributed by atoms with Crippen LogP contribution in [0.2, 0.25) is 10.0 Å². The van der Waals surface area contributed by atoms with E-state index < -0.39 is 0 Å². The van der Waals surface area contributed by atoms with E-state index in [2.05, 4.69) is 64.1 Å². The molecular weight excluding hydrogens is 419 g/mol. The normalized spacial score (nSPS) is 17.8. The van der Waals surface area contributed by atoms with Gasteiger partial charge in [0, 0.05) is 79.6 Å². The van der Waals surface area contributed by atoms with E-state index >= 15 is 0 Å². The molecule has 0 saturated carbocycles. The maximum Gasteiger partial charge on any atom is 0.151 e. The standard InChI is InChI=1S/C22H34Cl2N6/c1-5-29(9-8-28(4)14-20-15-30(16(2)3)7-6-25-20)22-13-21(26-27-22)17-10-18(23)12-19(24)11-17/h10-13,16,20,25H,5-9,14-15H2,1-4H3,(H,26,27). The van der Waals surface area contributed by atoms with Gasteiger partial charge in [0.2, 0.25) is 0 Å². The van der Waals surface area contributed by atoms with E-state index in [1.54, 1.807) is 6.07 Å². The van der Waals surface area contributed by atoms with Gasteiger partial charge in [0.05, 0.1) is 5.69 Å². The summed E-state index contributed by atoms with van der Waals surface area (Å²) >= 11 is 12.3. The van der Waals surface area contributed by atoms with Gasteiger partial charge in [-0.15, -0.1) is 0 Å². The number of benzene rings is 1. The summed E-state index contributed by atoms with van der Waals surface area (Å²) in [5.41, 5.74) is 1.86. The molecule has 0 bridgehead atoms. The number of H-pyrrole nitrogens is 1. The minimum atomic E-state index is 0.519. The molecular formula is C22H34Cl2N6. The van der Waals surface area contributed by atoms with E-state index in [1.165, 1.54) is 0 Å². The van der Waals surface area contributed by atoms with Gasteiger partial charge in [0.1, 0.15) is 0 Å². The molecule has 1 aromatic carbocycles. The van der Waals surface area contributed by atoms with Crippen molar-refractivity contribution in [3.63, 3.8) is 0 Å². The van der Waals surface area contributed by atoms with E-state index in [-0.39, 0.29) is 0 Å². The summed E-state index contributed by atoms with van der Waals surface area (Å²) in [4.78, 5) is 7.26. The van der Waals surface area contributed by atoms with Crippen LogP contribution in [0.5, 0.6) is 0 Å². The van der Waals surface area contributed by atoms with Gasteiger partial charge in [0.15, 0.2) is 5.82 Å². The number of aromatic nitrogens is 2. The van der Waals surface area contributed by atoms with Gasteiger partial charge in [-0.2, -0.15) is 5.10 Å². The predicted molar refractivity (Wildman–Crippen MR) is 128 cm³/mol. The average molecular weight is 453 g/mol. The summed E-state index contributed by atoms with van der Waals surface area (Å²) < 4.78 is 0. The first-order chi connectivity index (χ1) is 14.4. The first kappa shape index (κ1) is 23.4. The van der Waals surface area contributed by atoms with Crippen LogP contribution in [0.25, 0.3) is 11.3 Å². The summed E-state index contributed by atoms with van der Waals surface area (Å²) in [7, 11) is 2.20. The number of nitrogens with one attached hydrogen (secondary N) is 2. The van der Waals surface area contributed by atoms with Crippen molar-refractivity contribution in [2.24, 2.45) is 0 Å². The van der Waals surface area contributed by atoms with E-state index in [0.717, 1.165) is 62.9 Å². The van der Waals surface area contributed by atoms with Crippen LogP contribution >= 0.6 is 23.2 Å². The summed E-state index contributed by atoms with van der Waals surface area (Å²) in [5, 5.41) is 12.5. The third-order valence-electron chi connectivity index (χ3n) is 5.74. The predicted octanol–water partition coefficient (Wildman–Crippen LogP) is 3.82. The van der Waals surface area contributed by atoms with Crippen LogP contribution in [0.4, 0.5) is 5.82 Å². The van der Waals surface area contributed by atoms with Crippen molar-refractivity contribution < 1.29 is 0 Å². The second-order valence-electron chi connectivity index (χ2n) is 8.38. The Morgan fingerprint density at radius 3 is 2.57 bits per heavy atom. The van der Waals surface area contributed by atoms with Crippen molar-refractivity contribution in [3.8, 4) is 11.3 Å². The smallest absolute Gasteiger partial charge is 0.151 e. The Hall–Kier alpha value is -1.31. The SMILES string of the molecule is CCN(CCN(C)CC1CN(C(C)C)CCN1)c1cc(-c2cc(Cl)cc(Cl)c2)[nH]n1. The molecule has 8 heteroatoms. The largest absolute Gasteiger partial charge is 0.354 e. The highest BCUT2D eigenvalue weighted by atomic mass is 35.5. The molecule has 1 fully saturated rings. The Morgan fingerprint density at radius 2 is 1.90 bits per heavy atom. The number of halogens is 2. The minimum absolute atomic E-state index is 0.519. The summed E-state index contributed by atoms with van der Waals surface area (Å²) in [5.74, 6) is 0.943. The molecule has 3 rings (SSSR count). The maximum atomic E-state index is 6.14. The molecule has 2 aromatic rings. The average Bonchev–Trinajstić information content (AvgIpc) is 3.18. The van der Waals surface area contributed by atoms with Crippen LogP contribution in [-0.4, -0.2) is 84.9 Å². The van der Waals surface area contributed by atoms with Gasteiger partial charge in [-0.25, -0.2) is 0 Å². The number of rotatable bonds is 9. The zero-order chi connectivity index (χ0) is 21.7. The Labute approximate surface area is 190 Å². The molecule has 1 atom stereocenters. The Balaban J connectivity index is 1.55. The van der Waals surface area contributed by atoms with Crippen molar-refractivity contribution in [2.75, 3.05) is 57.8 Å². The van der Waals surface area contributed by atoms with Crippen LogP contribution in [0, 0.1) is 0 Å². The molecule has 1 aliphatic heterocycles. The lowest BCUT2D eigenvalue weighted by Gasteiger charge is -2.38. The molecule has 2 N–H and O–H groups in total. The van der Waals surface area contributed by atoms with Gasteiger partial charge in [0.25, 0.3) is 0 Å². The zero-order valence-electron chi connectivity index (χ0n) is 18.5. The molecule has 0 aliphatic carbocycles. The molecule has 0 radical (unpaired) electrons. The fourth-order valence-corrected chi connectivity index (χ4v) is 4.49. The number of anilines is 1. The van der Waals surface area contributed by atoms with Gasteiger partial charge in [-0.1, -0.05) is 23.2 Å². The lowest BCUT2D eigenvalue weighted by molar-refractivity contribution is 0.142. The van der Waals surface area contributed by atoms with Crippen molar-refractivity contribution in [2.45, 2.75) is 32.9 Å². The second kappa shape index (κ2) is 10.8. The van der Waals surface area contributed by atoms with Gasteiger partial charge in [-0.05, 0) is 46.0 Å². The highest BCUT2D eigenvalue weighted by Gasteiger charge is 2.22. The van der Waals surface area contributed by atoms with E-state index in [0.29, 0.717) is 22.1 Å². The molecule has 6 nitrogen and oxygen atoms in total. The molecule has 1 aliphatic rings. The summed E-state index contributed by atoms with van der Waals surface area (Å²) in [6, 6.07) is 8.72. The highest BCUT2D eigenvalue weighted by Crippen LogP contribution is 2.28. The molecule has 1 aromatic heterocycles. The van der Waals surface area contributed by atoms with Crippen molar-refractivity contribution in [3.05, 3.63) is 34.3 Å². The second-order valence-corrected chi connectivity index (χ2v) is 9.25. The number of piperazine rings is 1. The van der Waals surface area contributed by atoms with Crippen molar-refractivity contribution >= 4 is 29.0 Å². The highest BCUT2D eigenvalue weighted by molar-refractivity contribution is 6.35. The van der Waals surface area contributed by atoms with Crippen LogP contribution in [0.3, 0.4) is 0 Å². The Bertz CT molecular complexity index is 788. The maximum absolute atomic E-state index is 6.14. The Kier molecular flexibility index (Phi) is 8.43. The van der Waals surface area contributed by atoms with Gasteiger partial charge in [-0.3, -0.25) is 10.00 Å². The van der Waals surface area contributed by atoms with Crippen molar-refractivity contribution in [1.82, 2.24) is 25.3 Å². The first-order valence-electron chi connectivity index (χ1n) is 10.8. The van der Waals surface area contributed by atoms with E-state index in [4.69, 9.17) is 23.2 Å². The third kappa shape index (κ3) is 6.34. The number of likely N-dealkylation sites (N-methyl/N-ethyl adjacent to an activating group) is 2. The number of nitrogens with zero attached hydrogens (tertiary/aromatic N) is 4. The zero-order valence-corrected chi connectivity index (χ0v) is 20.0. The van der Waals surface area contributed by atoms with Crippen molar-refractivity contribution in [1.29, 1.82) is 0 Å². The monoisotopic (exact) mass is 452 g/mol. The molecule has 0 spiro atoms. The number of aromatic amines is 1. The number of hydrogen-bond donors (Lipinski definition) is 2.